The Kier molecular flexibility index (Phi) is 8.51. The van der Waals surface area contributed by atoms with E-state index in [9.17, 15) is 4.79 Å². The zero-order valence-electron chi connectivity index (χ0n) is 21.8. The van der Waals surface area contributed by atoms with Crippen LogP contribution in [0.25, 0.3) is 5.69 Å². The van der Waals surface area contributed by atoms with Crippen LogP contribution in [0.2, 0.25) is 5.02 Å². The quantitative estimate of drug-likeness (QED) is 0.357. The van der Waals surface area contributed by atoms with E-state index in [-0.39, 0.29) is 17.8 Å². The number of fused-ring (bicyclic) bond motifs is 3. The second kappa shape index (κ2) is 12.2. The number of hydrazone groups is 1. The molecule has 39 heavy (non-hydrogen) atoms. The molecule has 2 aromatic carbocycles. The molecule has 0 fully saturated rings. The van der Waals surface area contributed by atoms with Gasteiger partial charge in [-0.05, 0) is 49.7 Å². The highest BCUT2D eigenvalue weighted by atomic mass is 35.5. The number of ether oxygens (including phenoxy) is 4. The highest BCUT2D eigenvalue weighted by molar-refractivity contribution is 8.14. The smallest absolute Gasteiger partial charge is 0.316 e. The number of esters is 1. The number of hydrogen-bond acceptors (Lipinski definition) is 10. The van der Waals surface area contributed by atoms with E-state index >= 15 is 0 Å². The monoisotopic (exact) mass is 571 g/mol. The number of hydrazine groups is 2. The summed E-state index contributed by atoms with van der Waals surface area (Å²) in [5.74, 6) is 1.13. The van der Waals surface area contributed by atoms with Crippen LogP contribution in [0, 0.1) is 0 Å². The van der Waals surface area contributed by atoms with Crippen LogP contribution in [0.15, 0.2) is 59.8 Å². The van der Waals surface area contributed by atoms with Gasteiger partial charge >= 0.3 is 5.97 Å². The molecule has 0 spiro atoms. The van der Waals surface area contributed by atoms with Gasteiger partial charge in [-0.2, -0.15) is 0 Å². The fourth-order valence-electron chi connectivity index (χ4n) is 4.73. The second-order valence-electron chi connectivity index (χ2n) is 8.76. The minimum absolute atomic E-state index is 0.180. The molecule has 2 atom stereocenters. The van der Waals surface area contributed by atoms with Crippen LogP contribution in [0.4, 0.5) is 0 Å². The number of para-hydroxylation sites is 1. The van der Waals surface area contributed by atoms with Crippen LogP contribution in [0.1, 0.15) is 42.4 Å². The lowest BCUT2D eigenvalue weighted by molar-refractivity contribution is -0.139. The van der Waals surface area contributed by atoms with Crippen molar-refractivity contribution in [2.75, 3.05) is 33.1 Å². The standard InChI is InChI=1S/C27H30ClN5O5S/c1-4-37-24(34)16-39-27-29-31-33(30-27)14-12-22-21-8-6-13-32(21)20-11-10-17(28)15-19(20)25(38-22)18-7-5-9-23(35-2)26(18)36-3/h5-11,13,15,22,25,31H,4,12,14,16H2,1-3H3,(H,29,30)/t22-,25-/m1/s1. The van der Waals surface area contributed by atoms with E-state index in [1.807, 2.05) is 48.7 Å². The number of carbonyl (C=O) groups excluding carboxylic acids is 1. The molecule has 206 valence electrons. The van der Waals surface area contributed by atoms with Crippen LogP contribution in [0.5, 0.6) is 11.5 Å². The first-order valence-electron chi connectivity index (χ1n) is 12.5. The molecule has 5 rings (SSSR count). The molecule has 2 aliphatic heterocycles. The van der Waals surface area contributed by atoms with Gasteiger partial charge in [0.15, 0.2) is 16.7 Å². The van der Waals surface area contributed by atoms with E-state index in [4.69, 9.17) is 30.5 Å². The fourth-order valence-corrected chi connectivity index (χ4v) is 5.53. The van der Waals surface area contributed by atoms with Crippen molar-refractivity contribution in [2.45, 2.75) is 25.6 Å². The van der Waals surface area contributed by atoms with Crippen molar-refractivity contribution < 1.29 is 23.7 Å². The van der Waals surface area contributed by atoms with E-state index in [1.54, 1.807) is 26.3 Å². The number of hydrogen-bond donors (Lipinski definition) is 2. The molecule has 0 radical (unpaired) electrons. The molecule has 3 heterocycles. The summed E-state index contributed by atoms with van der Waals surface area (Å²) >= 11 is 7.76. The number of halogens is 1. The van der Waals surface area contributed by atoms with E-state index in [0.717, 1.165) is 22.5 Å². The van der Waals surface area contributed by atoms with Crippen LogP contribution in [-0.2, 0) is 14.3 Å². The maximum Gasteiger partial charge on any atom is 0.316 e. The normalized spacial score (nSPS) is 18.2. The van der Waals surface area contributed by atoms with Crippen LogP contribution in [-0.4, -0.2) is 53.9 Å². The summed E-state index contributed by atoms with van der Waals surface area (Å²) < 4.78 is 25.4. The molecule has 0 bridgehead atoms. The summed E-state index contributed by atoms with van der Waals surface area (Å²) in [6.07, 6.45) is 1.90. The van der Waals surface area contributed by atoms with Crippen LogP contribution >= 0.6 is 23.4 Å². The Bertz CT molecular complexity index is 1370. The summed E-state index contributed by atoms with van der Waals surface area (Å²) in [6, 6.07) is 15.7. The number of amidine groups is 1. The van der Waals surface area contributed by atoms with Gasteiger partial charge in [-0.15, -0.1) is 10.2 Å². The number of benzene rings is 2. The predicted octanol–water partition coefficient (Wildman–Crippen LogP) is 4.59. The molecule has 0 saturated heterocycles. The van der Waals surface area contributed by atoms with Gasteiger partial charge in [-0.1, -0.05) is 35.5 Å². The first-order valence-corrected chi connectivity index (χ1v) is 13.9. The summed E-state index contributed by atoms with van der Waals surface area (Å²) in [5.41, 5.74) is 9.89. The fraction of sp³-hybridized carbons (Fsp3) is 0.333. The number of rotatable bonds is 9. The van der Waals surface area contributed by atoms with Crippen molar-refractivity contribution in [3.05, 3.63) is 76.6 Å². The van der Waals surface area contributed by atoms with E-state index in [1.165, 1.54) is 11.8 Å². The van der Waals surface area contributed by atoms with Gasteiger partial charge in [0, 0.05) is 28.9 Å². The summed E-state index contributed by atoms with van der Waals surface area (Å²) in [6.45, 7) is 2.69. The Morgan fingerprint density at radius 2 is 2.03 bits per heavy atom. The molecule has 1 aromatic heterocycles. The number of nitrogens with zero attached hydrogens (tertiary/aromatic N) is 3. The molecular formula is C27H30ClN5O5S. The van der Waals surface area contributed by atoms with Crippen molar-refractivity contribution in [3.8, 4) is 17.2 Å². The minimum Gasteiger partial charge on any atom is -0.493 e. The van der Waals surface area contributed by atoms with Crippen molar-refractivity contribution in [1.29, 1.82) is 0 Å². The summed E-state index contributed by atoms with van der Waals surface area (Å²) in [5, 5.41) is 7.23. The first kappa shape index (κ1) is 27.2. The van der Waals surface area contributed by atoms with Gasteiger partial charge in [0.25, 0.3) is 0 Å². The van der Waals surface area contributed by atoms with E-state index in [2.05, 4.69) is 26.7 Å². The molecule has 0 unspecified atom stereocenters. The SMILES string of the molecule is CCOC(=O)CSC1=NNN(CC[C@H]2O[C@H](c3cccc(OC)c3OC)c3cc(Cl)ccc3-n3cccc32)N1. The Balaban J connectivity index is 1.39. The van der Waals surface area contributed by atoms with Gasteiger partial charge in [0.2, 0.25) is 0 Å². The molecule has 12 heteroatoms. The van der Waals surface area contributed by atoms with Gasteiger partial charge in [-0.25, -0.2) is 5.53 Å². The summed E-state index contributed by atoms with van der Waals surface area (Å²) in [4.78, 5) is 11.7. The maximum atomic E-state index is 11.7. The number of nitrogens with one attached hydrogen (secondary N) is 2. The topological polar surface area (TPSA) is 98.6 Å². The Labute approximate surface area is 236 Å². The Morgan fingerprint density at radius 3 is 2.82 bits per heavy atom. The molecular weight excluding hydrogens is 542 g/mol. The molecule has 2 N–H and O–H groups in total. The Hall–Kier alpha value is -3.38. The van der Waals surface area contributed by atoms with E-state index < -0.39 is 6.10 Å². The van der Waals surface area contributed by atoms with Crippen molar-refractivity contribution >= 4 is 34.5 Å². The average Bonchev–Trinajstić information content (AvgIpc) is 3.59. The maximum absolute atomic E-state index is 11.7. The minimum atomic E-state index is -0.472. The van der Waals surface area contributed by atoms with Crippen molar-refractivity contribution in [2.24, 2.45) is 5.10 Å². The van der Waals surface area contributed by atoms with Gasteiger partial charge < -0.3 is 23.5 Å². The molecule has 0 aliphatic carbocycles. The molecule has 0 amide bonds. The van der Waals surface area contributed by atoms with Crippen LogP contribution in [0.3, 0.4) is 0 Å². The molecule has 2 aliphatic rings. The van der Waals surface area contributed by atoms with Crippen LogP contribution < -0.4 is 20.4 Å². The lowest BCUT2D eigenvalue weighted by atomic mass is 9.98. The third-order valence-electron chi connectivity index (χ3n) is 6.41. The third kappa shape index (κ3) is 5.81. The van der Waals surface area contributed by atoms with Crippen molar-refractivity contribution in [1.82, 2.24) is 20.6 Å². The lowest BCUT2D eigenvalue weighted by Crippen LogP contribution is -2.42. The second-order valence-corrected chi connectivity index (χ2v) is 10.2. The molecule has 0 saturated carbocycles. The Morgan fingerprint density at radius 1 is 1.15 bits per heavy atom. The number of thioether (sulfide) groups is 1. The highest BCUT2D eigenvalue weighted by Gasteiger charge is 2.33. The number of aromatic nitrogens is 1. The first-order chi connectivity index (χ1) is 19.0. The third-order valence-corrected chi connectivity index (χ3v) is 7.48. The predicted molar refractivity (Wildman–Crippen MR) is 150 cm³/mol. The number of methoxy groups -OCH3 is 2. The zero-order valence-corrected chi connectivity index (χ0v) is 23.4. The van der Waals surface area contributed by atoms with Crippen molar-refractivity contribution in [3.63, 3.8) is 0 Å². The van der Waals surface area contributed by atoms with E-state index in [0.29, 0.717) is 41.3 Å². The zero-order chi connectivity index (χ0) is 27.4. The summed E-state index contributed by atoms with van der Waals surface area (Å²) in [7, 11) is 3.24. The lowest BCUT2D eigenvalue weighted by Gasteiger charge is -2.26. The molecule has 3 aromatic rings. The average molecular weight is 572 g/mol. The van der Waals surface area contributed by atoms with Gasteiger partial charge in [0.05, 0.1) is 38.0 Å². The largest absolute Gasteiger partial charge is 0.493 e. The van der Waals surface area contributed by atoms with Gasteiger partial charge in [0.1, 0.15) is 12.2 Å². The highest BCUT2D eigenvalue weighted by Crippen LogP contribution is 2.46. The number of carbonyl (C=O) groups is 1. The molecule has 10 nitrogen and oxygen atoms in total. The van der Waals surface area contributed by atoms with Gasteiger partial charge in [-0.3, -0.25) is 10.2 Å².